The molecule has 1 aromatic carbocycles. The summed E-state index contributed by atoms with van der Waals surface area (Å²) in [6.45, 7) is 1.89. The fourth-order valence-corrected chi connectivity index (χ4v) is 4.42. The first-order valence-electron chi connectivity index (χ1n) is 11.5. The van der Waals surface area contributed by atoms with Gasteiger partial charge in [-0.15, -0.1) is 0 Å². The van der Waals surface area contributed by atoms with E-state index in [9.17, 15) is 28.6 Å². The highest BCUT2D eigenvalue weighted by atomic mass is 32.5. The summed E-state index contributed by atoms with van der Waals surface area (Å²) < 4.78 is 109. The molecular weight excluding hydrogens is 486 g/mol. The minimum absolute atomic E-state index is 0.0277. The third kappa shape index (κ3) is 4.28. The standard InChI is InChI=1S/C21H22F6N4O2S/c1-12(14-5-4-6-15(9-14)34(23,24,25,26)27)28-19-16-10-31(21(11-22)7-8-21)20(32)18(33-3)17(16)29-13(2)30-19/h4-6,9-10,12H,7-8,11H2,1-3H3,(H,28,29,30)/t12-/m1/s1/i3D3. The fourth-order valence-electron chi connectivity index (χ4n) is 3.72. The number of fused-ring (bicyclic) bond motifs is 1. The lowest BCUT2D eigenvalue weighted by molar-refractivity contribution is 0.323. The van der Waals surface area contributed by atoms with Crippen molar-refractivity contribution in [3.05, 3.63) is 52.2 Å². The summed E-state index contributed by atoms with van der Waals surface area (Å²) in [5.41, 5.74) is -2.48. The molecule has 0 bridgehead atoms. The second-order valence-electron chi connectivity index (χ2n) is 8.38. The van der Waals surface area contributed by atoms with Crippen LogP contribution in [-0.2, 0) is 5.54 Å². The van der Waals surface area contributed by atoms with Crippen molar-refractivity contribution in [3.63, 3.8) is 0 Å². The van der Waals surface area contributed by atoms with E-state index in [2.05, 4.69) is 15.3 Å². The number of anilines is 1. The molecular formula is C21H22F6N4O2S. The highest BCUT2D eigenvalue weighted by molar-refractivity contribution is 8.45. The molecule has 0 radical (unpaired) electrons. The van der Waals surface area contributed by atoms with Gasteiger partial charge in [-0.1, -0.05) is 31.6 Å². The number of ether oxygens (including phenoxy) is 1. The van der Waals surface area contributed by atoms with Crippen LogP contribution >= 0.6 is 10.2 Å². The number of aryl methyl sites for hydroxylation is 1. The predicted octanol–water partition coefficient (Wildman–Crippen LogP) is 6.40. The molecule has 0 unspecified atom stereocenters. The highest BCUT2D eigenvalue weighted by Gasteiger charge is 2.65. The van der Waals surface area contributed by atoms with Gasteiger partial charge in [0.1, 0.15) is 28.7 Å². The lowest BCUT2D eigenvalue weighted by Gasteiger charge is -2.40. The topological polar surface area (TPSA) is 69.0 Å². The van der Waals surface area contributed by atoms with E-state index in [1.807, 2.05) is 0 Å². The van der Waals surface area contributed by atoms with Gasteiger partial charge in [0.15, 0.2) is 0 Å². The minimum Gasteiger partial charge on any atom is -0.490 e. The van der Waals surface area contributed by atoms with Crippen LogP contribution in [0.2, 0.25) is 0 Å². The van der Waals surface area contributed by atoms with Gasteiger partial charge in [-0.2, -0.15) is 0 Å². The molecule has 0 amide bonds. The number of nitrogens with zero attached hydrogens (tertiary/aromatic N) is 3. The lowest BCUT2D eigenvalue weighted by Crippen LogP contribution is -2.32. The number of nitrogens with one attached hydrogen (secondary N) is 1. The van der Waals surface area contributed by atoms with Crippen molar-refractivity contribution in [3.8, 4) is 5.75 Å². The second-order valence-corrected chi connectivity index (χ2v) is 10.8. The summed E-state index contributed by atoms with van der Waals surface area (Å²) in [5.74, 6) is -0.671. The number of benzene rings is 1. The Balaban J connectivity index is 1.87. The number of hydrogen-bond donors (Lipinski definition) is 1. The van der Waals surface area contributed by atoms with Gasteiger partial charge < -0.3 is 14.6 Å². The van der Waals surface area contributed by atoms with Crippen LogP contribution in [0.25, 0.3) is 10.9 Å². The Labute approximate surface area is 194 Å². The highest BCUT2D eigenvalue weighted by Crippen LogP contribution is 3.02. The quantitative estimate of drug-likeness (QED) is 0.372. The van der Waals surface area contributed by atoms with Crippen LogP contribution in [0.4, 0.5) is 29.6 Å². The van der Waals surface area contributed by atoms with E-state index >= 15 is 0 Å². The number of aromatic nitrogens is 3. The first-order chi connectivity index (χ1) is 16.7. The molecule has 1 saturated carbocycles. The maximum Gasteiger partial charge on any atom is 0.310 e. The molecule has 1 atom stereocenters. The van der Waals surface area contributed by atoms with E-state index in [4.69, 9.17) is 8.85 Å². The van der Waals surface area contributed by atoms with Crippen molar-refractivity contribution in [2.24, 2.45) is 0 Å². The predicted molar refractivity (Wildman–Crippen MR) is 118 cm³/mol. The first-order valence-corrected chi connectivity index (χ1v) is 12.0. The Morgan fingerprint density at radius 1 is 1.26 bits per heavy atom. The molecule has 0 saturated heterocycles. The van der Waals surface area contributed by atoms with Gasteiger partial charge >= 0.3 is 10.2 Å². The number of rotatable bonds is 7. The Morgan fingerprint density at radius 3 is 2.56 bits per heavy atom. The van der Waals surface area contributed by atoms with Gasteiger partial charge in [-0.3, -0.25) is 4.79 Å². The van der Waals surface area contributed by atoms with Crippen molar-refractivity contribution in [2.75, 3.05) is 19.0 Å². The molecule has 1 fully saturated rings. The number of alkyl halides is 1. The summed E-state index contributed by atoms with van der Waals surface area (Å²) in [6, 6.07) is 1.66. The summed E-state index contributed by atoms with van der Waals surface area (Å²) >= 11 is 0. The van der Waals surface area contributed by atoms with E-state index in [1.54, 1.807) is 0 Å². The summed E-state index contributed by atoms with van der Waals surface area (Å²) in [7, 11) is -13.0. The number of pyridine rings is 1. The van der Waals surface area contributed by atoms with Crippen molar-refractivity contribution in [2.45, 2.75) is 43.2 Å². The normalized spacial score (nSPS) is 19.8. The van der Waals surface area contributed by atoms with E-state index in [0.717, 1.165) is 10.6 Å². The molecule has 4 rings (SSSR count). The molecule has 34 heavy (non-hydrogen) atoms. The Kier molecular flexibility index (Phi) is 4.22. The minimum atomic E-state index is -9.93. The molecule has 3 aromatic rings. The molecule has 2 heterocycles. The van der Waals surface area contributed by atoms with Gasteiger partial charge in [0, 0.05) is 6.20 Å². The molecule has 1 N–H and O–H groups in total. The summed E-state index contributed by atoms with van der Waals surface area (Å²) in [6.07, 6.45) is 1.83. The van der Waals surface area contributed by atoms with Crippen LogP contribution in [0.5, 0.6) is 5.75 Å². The summed E-state index contributed by atoms with van der Waals surface area (Å²) in [4.78, 5) is 19.4. The van der Waals surface area contributed by atoms with Crippen LogP contribution in [0.1, 0.15) is 41.3 Å². The van der Waals surface area contributed by atoms with Crippen LogP contribution in [0.3, 0.4) is 0 Å². The Bertz CT molecular complexity index is 1460. The van der Waals surface area contributed by atoms with Crippen LogP contribution in [0.15, 0.2) is 40.2 Å². The van der Waals surface area contributed by atoms with Crippen molar-refractivity contribution >= 4 is 26.9 Å². The lowest BCUT2D eigenvalue weighted by atomic mass is 10.1. The van der Waals surface area contributed by atoms with Gasteiger partial charge in [-0.05, 0) is 44.4 Å². The number of hydrogen-bond acceptors (Lipinski definition) is 5. The SMILES string of the molecule is [2H]C([2H])([2H])Oc1c(=O)n(C2(CF)CC2)cc2c(N[C@H](C)c3cccc(S(F)(F)(F)(F)F)c3)nc(C)nc12. The van der Waals surface area contributed by atoms with E-state index in [0.29, 0.717) is 18.9 Å². The van der Waals surface area contributed by atoms with Crippen LogP contribution in [0, 0.1) is 6.92 Å². The monoisotopic (exact) mass is 511 g/mol. The zero-order valence-electron chi connectivity index (χ0n) is 20.9. The first kappa shape index (κ1) is 20.4. The van der Waals surface area contributed by atoms with E-state index < -0.39 is 51.7 Å². The number of halogens is 6. The van der Waals surface area contributed by atoms with E-state index in [-0.39, 0.29) is 34.2 Å². The smallest absolute Gasteiger partial charge is 0.310 e. The van der Waals surface area contributed by atoms with Gasteiger partial charge in [0.05, 0.1) is 28.1 Å². The van der Waals surface area contributed by atoms with Gasteiger partial charge in [0.25, 0.3) is 5.56 Å². The molecule has 2 aromatic heterocycles. The largest absolute Gasteiger partial charge is 0.490 e. The molecule has 6 nitrogen and oxygen atoms in total. The maximum atomic E-state index is 13.9. The molecule has 1 aliphatic rings. The zero-order chi connectivity index (χ0) is 27.7. The molecule has 0 aliphatic heterocycles. The fraction of sp³-hybridized carbons (Fsp3) is 0.381. The van der Waals surface area contributed by atoms with Gasteiger partial charge in [0.2, 0.25) is 5.75 Å². The van der Waals surface area contributed by atoms with Crippen molar-refractivity contribution in [1.82, 2.24) is 14.5 Å². The zero-order valence-corrected chi connectivity index (χ0v) is 18.7. The number of methoxy groups -OCH3 is 1. The third-order valence-electron chi connectivity index (χ3n) is 5.79. The molecule has 1 aliphatic carbocycles. The van der Waals surface area contributed by atoms with Crippen LogP contribution in [-0.4, -0.2) is 28.2 Å². The third-order valence-corrected chi connectivity index (χ3v) is 6.93. The Morgan fingerprint density at radius 2 is 1.97 bits per heavy atom. The van der Waals surface area contributed by atoms with E-state index in [1.165, 1.54) is 26.1 Å². The molecule has 13 heteroatoms. The summed E-state index contributed by atoms with van der Waals surface area (Å²) in [5, 5.41) is 2.84. The average Bonchev–Trinajstić information content (AvgIpc) is 3.54. The molecule has 186 valence electrons. The average molecular weight is 512 g/mol. The van der Waals surface area contributed by atoms with Gasteiger partial charge in [-0.25, -0.2) is 14.4 Å². The maximum absolute atomic E-state index is 13.9. The Hall–Kier alpha value is -2.96. The molecule has 0 spiro atoms. The van der Waals surface area contributed by atoms with Crippen molar-refractivity contribution < 1.29 is 32.7 Å². The van der Waals surface area contributed by atoms with Crippen molar-refractivity contribution in [1.29, 1.82) is 0 Å². The second kappa shape index (κ2) is 7.03. The van der Waals surface area contributed by atoms with Crippen LogP contribution < -0.4 is 15.6 Å².